The summed E-state index contributed by atoms with van der Waals surface area (Å²) in [5.74, 6) is 2.67. The number of nitrogen functional groups attached to an aromatic ring is 1. The van der Waals surface area contributed by atoms with Gasteiger partial charge in [-0.05, 0) is 30.2 Å². The summed E-state index contributed by atoms with van der Waals surface area (Å²) in [7, 11) is 0. The van der Waals surface area contributed by atoms with Gasteiger partial charge in [0.2, 0.25) is 10.9 Å². The maximum atomic E-state index is 12.3. The Hall–Kier alpha value is -4.01. The Morgan fingerprint density at radius 3 is 2.72 bits per heavy atom. The van der Waals surface area contributed by atoms with Gasteiger partial charge in [-0.3, -0.25) is 0 Å². The van der Waals surface area contributed by atoms with E-state index in [2.05, 4.69) is 15.9 Å². The van der Waals surface area contributed by atoms with Crippen LogP contribution in [0.5, 0.6) is 0 Å². The molecule has 4 rings (SSSR count). The molecule has 188 valence electrons. The number of anilines is 1. The van der Waals surface area contributed by atoms with E-state index in [4.69, 9.17) is 47.4 Å². The predicted octanol–water partition coefficient (Wildman–Crippen LogP) is 3.85. The summed E-state index contributed by atoms with van der Waals surface area (Å²) >= 11 is 5.99. The van der Waals surface area contributed by atoms with Crippen LogP contribution in [0.4, 0.5) is 15.4 Å². The van der Waals surface area contributed by atoms with Crippen LogP contribution in [0.25, 0.3) is 11.0 Å². The lowest BCUT2D eigenvalue weighted by Crippen LogP contribution is -2.45. The molecule has 0 spiro atoms. The molecule has 1 aliphatic rings. The Morgan fingerprint density at radius 2 is 2.00 bits per heavy atom. The highest BCUT2D eigenvalue weighted by atomic mass is 35.5. The Kier molecular flexibility index (Phi) is 7.47. The molecule has 2 N–H and O–H groups in total. The van der Waals surface area contributed by atoms with E-state index in [1.807, 2.05) is 18.2 Å². The highest BCUT2D eigenvalue weighted by Gasteiger charge is 2.52. The number of benzene rings is 1. The molecule has 1 fully saturated rings. The zero-order chi connectivity index (χ0) is 25.7. The lowest BCUT2D eigenvalue weighted by Gasteiger charge is -2.28. The average molecular weight is 515 g/mol. The normalized spacial score (nSPS) is 21.0. The van der Waals surface area contributed by atoms with Crippen LogP contribution in [0.3, 0.4) is 0 Å². The zero-order valence-corrected chi connectivity index (χ0v) is 20.0. The summed E-state index contributed by atoms with van der Waals surface area (Å²) in [5, 5.41) is 0.495. The molecule has 3 aromatic rings. The number of nitrogens with two attached hydrogens (primary N) is 1. The number of hydrogen-bond acceptors (Lipinski definition) is 10. The van der Waals surface area contributed by atoms with Crippen molar-refractivity contribution < 1.29 is 33.3 Å². The van der Waals surface area contributed by atoms with E-state index in [1.165, 1.54) is 0 Å². The number of fused-ring (bicyclic) bond motifs is 1. The Balaban J connectivity index is 1.54. The molecule has 36 heavy (non-hydrogen) atoms. The first kappa shape index (κ1) is 25.1. The van der Waals surface area contributed by atoms with E-state index in [0.29, 0.717) is 11.0 Å². The Labute approximate surface area is 211 Å². The summed E-state index contributed by atoms with van der Waals surface area (Å²) < 4.78 is 28.6. The maximum Gasteiger partial charge on any atom is 0.508 e. The number of aromatic nitrogens is 3. The van der Waals surface area contributed by atoms with E-state index in [0.717, 1.165) is 5.56 Å². The molecule has 0 radical (unpaired) electrons. The van der Waals surface area contributed by atoms with Crippen molar-refractivity contribution in [3.8, 4) is 12.3 Å². The van der Waals surface area contributed by atoms with E-state index in [1.54, 1.807) is 35.9 Å². The summed E-state index contributed by atoms with van der Waals surface area (Å²) in [4.78, 5) is 32.6. The van der Waals surface area contributed by atoms with Crippen molar-refractivity contribution in [3.63, 3.8) is 0 Å². The fourth-order valence-corrected chi connectivity index (χ4v) is 3.97. The number of carbonyl (C=O) groups excluding carboxylic acids is 2. The summed E-state index contributed by atoms with van der Waals surface area (Å²) in [6.07, 6.45) is 3.88. The van der Waals surface area contributed by atoms with Crippen LogP contribution in [0.15, 0.2) is 42.6 Å². The summed E-state index contributed by atoms with van der Waals surface area (Å²) in [5.41, 5.74) is 5.48. The minimum Gasteiger partial charge on any atom is -0.435 e. The second kappa shape index (κ2) is 10.7. The third-order valence-corrected chi connectivity index (χ3v) is 5.68. The van der Waals surface area contributed by atoms with Crippen LogP contribution in [-0.2, 0) is 30.3 Å². The molecule has 3 heterocycles. The largest absolute Gasteiger partial charge is 0.508 e. The number of halogens is 1. The molecule has 12 heteroatoms. The quantitative estimate of drug-likeness (QED) is 0.281. The third kappa shape index (κ3) is 5.30. The van der Waals surface area contributed by atoms with Crippen LogP contribution in [-0.4, -0.2) is 51.8 Å². The van der Waals surface area contributed by atoms with Gasteiger partial charge in [-0.25, -0.2) is 14.6 Å². The fraction of sp³-hybridized carbons (Fsp3) is 0.333. The monoisotopic (exact) mass is 514 g/mol. The first-order valence-corrected chi connectivity index (χ1v) is 11.3. The second-order valence-corrected chi connectivity index (χ2v) is 8.12. The molecule has 2 aromatic heterocycles. The SMILES string of the molecule is C#C[C@]1(COC(=O)OCc2ccccc2)O[C@@H](n2ccc3c(N)nc(Cl)nc32)C[C@@H]1OC(=O)OCC. The fourth-order valence-electron chi connectivity index (χ4n) is 3.80. The summed E-state index contributed by atoms with van der Waals surface area (Å²) in [6, 6.07) is 10.8. The smallest absolute Gasteiger partial charge is 0.435 e. The van der Waals surface area contributed by atoms with Gasteiger partial charge < -0.3 is 34.0 Å². The second-order valence-electron chi connectivity index (χ2n) is 7.78. The minimum atomic E-state index is -1.64. The van der Waals surface area contributed by atoms with Crippen LogP contribution < -0.4 is 5.73 Å². The molecule has 1 aromatic carbocycles. The maximum absolute atomic E-state index is 12.3. The number of ether oxygens (including phenoxy) is 5. The van der Waals surface area contributed by atoms with Gasteiger partial charge in [-0.2, -0.15) is 4.98 Å². The van der Waals surface area contributed by atoms with Crippen molar-refractivity contribution in [1.29, 1.82) is 0 Å². The summed E-state index contributed by atoms with van der Waals surface area (Å²) in [6.45, 7) is 1.29. The van der Waals surface area contributed by atoms with Crippen molar-refractivity contribution in [2.45, 2.75) is 37.9 Å². The van der Waals surface area contributed by atoms with Crippen LogP contribution >= 0.6 is 11.6 Å². The van der Waals surface area contributed by atoms with Gasteiger partial charge in [0.1, 0.15) is 30.9 Å². The van der Waals surface area contributed by atoms with E-state index in [-0.39, 0.29) is 30.7 Å². The topological polar surface area (TPSA) is 137 Å². The van der Waals surface area contributed by atoms with Gasteiger partial charge >= 0.3 is 12.3 Å². The molecule has 1 aliphatic heterocycles. The third-order valence-electron chi connectivity index (χ3n) is 5.52. The van der Waals surface area contributed by atoms with Crippen molar-refractivity contribution >= 4 is 40.8 Å². The molecule has 0 amide bonds. The van der Waals surface area contributed by atoms with Gasteiger partial charge in [-0.1, -0.05) is 36.3 Å². The molecule has 0 aliphatic carbocycles. The van der Waals surface area contributed by atoms with Crippen LogP contribution in [0.1, 0.15) is 25.1 Å². The lowest BCUT2D eigenvalue weighted by atomic mass is 9.98. The first-order valence-electron chi connectivity index (χ1n) is 11.0. The Bertz CT molecular complexity index is 1290. The van der Waals surface area contributed by atoms with Gasteiger partial charge in [0, 0.05) is 12.6 Å². The van der Waals surface area contributed by atoms with Crippen LogP contribution in [0, 0.1) is 12.3 Å². The van der Waals surface area contributed by atoms with Crippen LogP contribution in [0.2, 0.25) is 5.28 Å². The van der Waals surface area contributed by atoms with Crippen molar-refractivity contribution in [2.24, 2.45) is 0 Å². The highest BCUT2D eigenvalue weighted by molar-refractivity contribution is 6.28. The molecule has 0 saturated carbocycles. The lowest BCUT2D eigenvalue weighted by molar-refractivity contribution is -0.105. The molecule has 0 bridgehead atoms. The van der Waals surface area contributed by atoms with Crippen molar-refractivity contribution in [1.82, 2.24) is 14.5 Å². The molecule has 11 nitrogen and oxygen atoms in total. The number of carbonyl (C=O) groups is 2. The number of hydrogen-bond donors (Lipinski definition) is 1. The molecule has 1 saturated heterocycles. The highest BCUT2D eigenvalue weighted by Crippen LogP contribution is 2.41. The molecule has 0 unspecified atom stereocenters. The number of terminal acetylenes is 1. The van der Waals surface area contributed by atoms with Gasteiger partial charge in [0.25, 0.3) is 0 Å². The zero-order valence-electron chi connectivity index (χ0n) is 19.3. The van der Waals surface area contributed by atoms with Gasteiger partial charge in [0.15, 0.2) is 6.10 Å². The van der Waals surface area contributed by atoms with E-state index < -0.39 is 36.9 Å². The standard InChI is InChI=1S/C24H23ClN4O7/c1-3-24(14-34-22(30)33-13-15-8-6-5-7-9-15)17(35-23(31)32-4-2)12-18(36-24)29-11-10-16-19(26)27-21(25)28-20(16)29/h1,5-11,17-18H,4,12-14H2,2H3,(H2,26,27,28)/t17-,18+,24+/m0/s1. The molecule has 3 atom stereocenters. The molecular formula is C24H23ClN4O7. The minimum absolute atomic E-state index is 0.00616. The van der Waals surface area contributed by atoms with Gasteiger partial charge in [0.05, 0.1) is 12.0 Å². The molecular weight excluding hydrogens is 492 g/mol. The van der Waals surface area contributed by atoms with Crippen molar-refractivity contribution in [2.75, 3.05) is 18.9 Å². The number of nitrogens with zero attached hydrogens (tertiary/aromatic N) is 3. The van der Waals surface area contributed by atoms with Gasteiger partial charge in [-0.15, -0.1) is 6.42 Å². The first-order chi connectivity index (χ1) is 17.3. The number of rotatable bonds is 7. The predicted molar refractivity (Wildman–Crippen MR) is 128 cm³/mol. The Morgan fingerprint density at radius 1 is 1.22 bits per heavy atom. The van der Waals surface area contributed by atoms with Crippen molar-refractivity contribution in [3.05, 3.63) is 53.4 Å². The van der Waals surface area contributed by atoms with E-state index in [9.17, 15) is 9.59 Å². The van der Waals surface area contributed by atoms with E-state index >= 15 is 0 Å². The average Bonchev–Trinajstić information content (AvgIpc) is 3.44.